The average Bonchev–Trinajstić information content (AvgIpc) is 2.24. The summed E-state index contributed by atoms with van der Waals surface area (Å²) in [5.41, 5.74) is 7.22. The monoisotopic (exact) mass is 272 g/mol. The van der Waals surface area contributed by atoms with Crippen LogP contribution in [0.3, 0.4) is 0 Å². The molecule has 2 N–H and O–H groups in total. The lowest BCUT2D eigenvalue weighted by Gasteiger charge is -2.22. The molecule has 1 aromatic rings. The van der Waals surface area contributed by atoms with E-state index in [1.165, 1.54) is 0 Å². The molecule has 0 bridgehead atoms. The molecule has 6 nitrogen and oxygen atoms in total. The number of anilines is 1. The first-order valence-corrected chi connectivity index (χ1v) is 7.09. The van der Waals surface area contributed by atoms with Gasteiger partial charge in [-0.15, -0.1) is 0 Å². The van der Waals surface area contributed by atoms with Crippen molar-refractivity contribution in [2.75, 3.05) is 10.7 Å². The van der Waals surface area contributed by atoms with Gasteiger partial charge in [0, 0.05) is 13.5 Å². The number of rotatable bonds is 4. The Morgan fingerprint density at radius 1 is 1.44 bits per heavy atom. The quantitative estimate of drug-likeness (QED) is 0.815. The van der Waals surface area contributed by atoms with Crippen LogP contribution in [0, 0.1) is 6.92 Å². The van der Waals surface area contributed by atoms with Crippen molar-refractivity contribution in [2.24, 2.45) is 5.73 Å². The number of hydrogen-bond donors (Lipinski definition) is 1. The molecule has 0 heterocycles. The van der Waals surface area contributed by atoms with E-state index in [4.69, 9.17) is 10.6 Å². The van der Waals surface area contributed by atoms with Gasteiger partial charge in [-0.1, -0.05) is 16.6 Å². The van der Waals surface area contributed by atoms with Crippen LogP contribution in [0.25, 0.3) is 0 Å². The fourth-order valence-electron chi connectivity index (χ4n) is 1.43. The molecule has 7 heteroatoms. The third kappa shape index (κ3) is 3.44. The van der Waals surface area contributed by atoms with Crippen molar-refractivity contribution in [1.29, 1.82) is 0 Å². The fourth-order valence-corrected chi connectivity index (χ4v) is 2.20. The molecular weight excluding hydrogens is 256 g/mol. The molecule has 0 amide bonds. The van der Waals surface area contributed by atoms with Crippen molar-refractivity contribution in [2.45, 2.75) is 20.4 Å². The maximum Gasteiger partial charge on any atom is 0.330 e. The molecule has 0 aliphatic carbocycles. The number of nitrogens with zero attached hydrogens (tertiary/aromatic N) is 1. The van der Waals surface area contributed by atoms with E-state index in [-0.39, 0.29) is 12.2 Å². The molecule has 0 atom stereocenters. The number of sulfonamides is 1. The highest BCUT2D eigenvalue weighted by atomic mass is 32.2. The molecule has 0 spiro atoms. The maximum absolute atomic E-state index is 11.7. The van der Waals surface area contributed by atoms with Crippen LogP contribution >= 0.6 is 0 Å². The van der Waals surface area contributed by atoms with E-state index in [9.17, 15) is 13.2 Å². The van der Waals surface area contributed by atoms with E-state index < -0.39 is 16.0 Å². The number of hydrogen-bond acceptors (Lipinski definition) is 5. The van der Waals surface area contributed by atoms with Crippen molar-refractivity contribution in [3.8, 4) is 0 Å². The van der Waals surface area contributed by atoms with Crippen LogP contribution in [0.2, 0.25) is 0 Å². The molecule has 0 saturated heterocycles. The second kappa shape index (κ2) is 5.36. The molecule has 18 heavy (non-hydrogen) atoms. The van der Waals surface area contributed by atoms with Gasteiger partial charge in [0.2, 0.25) is 0 Å². The first-order chi connectivity index (χ1) is 8.25. The summed E-state index contributed by atoms with van der Waals surface area (Å²) < 4.78 is 23.9. The summed E-state index contributed by atoms with van der Waals surface area (Å²) in [4.78, 5) is 15.7. The lowest BCUT2D eigenvalue weighted by molar-refractivity contribution is -0.140. The Hall–Kier alpha value is -1.60. The third-order valence-corrected chi connectivity index (χ3v) is 3.04. The van der Waals surface area contributed by atoms with E-state index in [2.05, 4.69) is 0 Å². The van der Waals surface area contributed by atoms with Gasteiger partial charge >= 0.3 is 5.97 Å². The van der Waals surface area contributed by atoms with Gasteiger partial charge in [-0.3, -0.25) is 0 Å². The molecular formula is C11H16N2O4S. The summed E-state index contributed by atoms with van der Waals surface area (Å²) >= 11 is 0. The van der Waals surface area contributed by atoms with E-state index >= 15 is 0 Å². The Labute approximate surface area is 106 Å². The van der Waals surface area contributed by atoms with Gasteiger partial charge < -0.3 is 10.6 Å². The second-order valence-corrected chi connectivity index (χ2v) is 5.71. The fraction of sp³-hybridized carbons (Fsp3) is 0.364. The lowest BCUT2D eigenvalue weighted by Crippen LogP contribution is -2.33. The predicted octanol–water partition coefficient (Wildman–Crippen LogP) is 0.698. The third-order valence-electron chi connectivity index (χ3n) is 2.17. The minimum absolute atomic E-state index is 0.142. The zero-order chi connectivity index (χ0) is 13.9. The van der Waals surface area contributed by atoms with Crippen molar-refractivity contribution in [3.05, 3.63) is 29.3 Å². The topological polar surface area (TPSA) is 89.7 Å². The van der Waals surface area contributed by atoms with Crippen LogP contribution in [-0.2, 0) is 26.2 Å². The highest BCUT2D eigenvalue weighted by Gasteiger charge is 2.23. The Kier molecular flexibility index (Phi) is 4.31. The largest absolute Gasteiger partial charge is 0.330 e. The van der Waals surface area contributed by atoms with Gasteiger partial charge in [-0.25, -0.2) is 13.2 Å². The van der Waals surface area contributed by atoms with E-state index in [1.807, 2.05) is 0 Å². The van der Waals surface area contributed by atoms with Crippen molar-refractivity contribution < 1.29 is 18.0 Å². The lowest BCUT2D eigenvalue weighted by atomic mass is 10.1. The highest BCUT2D eigenvalue weighted by Crippen LogP contribution is 2.24. The summed E-state index contributed by atoms with van der Waals surface area (Å²) in [5, 5.41) is 0. The van der Waals surface area contributed by atoms with Crippen LogP contribution in [0.4, 0.5) is 5.69 Å². The Bertz CT molecular complexity index is 554. The van der Waals surface area contributed by atoms with E-state index in [1.54, 1.807) is 25.1 Å². The van der Waals surface area contributed by atoms with Crippen LogP contribution in [0.5, 0.6) is 0 Å². The molecule has 1 aromatic carbocycles. The zero-order valence-electron chi connectivity index (χ0n) is 10.5. The maximum atomic E-state index is 11.7. The Morgan fingerprint density at radius 3 is 2.50 bits per heavy atom. The number of benzene rings is 1. The highest BCUT2D eigenvalue weighted by molar-refractivity contribution is 7.91. The van der Waals surface area contributed by atoms with Crippen LogP contribution in [-0.4, -0.2) is 20.6 Å². The van der Waals surface area contributed by atoms with Crippen LogP contribution < -0.4 is 10.2 Å². The van der Waals surface area contributed by atoms with Crippen LogP contribution in [0.15, 0.2) is 18.2 Å². The van der Waals surface area contributed by atoms with E-state index in [0.29, 0.717) is 10.0 Å². The summed E-state index contributed by atoms with van der Waals surface area (Å²) in [6.45, 7) is 3.08. The summed E-state index contributed by atoms with van der Waals surface area (Å²) in [6.07, 6.45) is 0.957. The molecule has 0 saturated carbocycles. The molecule has 0 fully saturated rings. The second-order valence-electron chi connectivity index (χ2n) is 3.91. The normalized spacial score (nSPS) is 11.1. The molecule has 1 rings (SSSR count). The SMILES string of the molecule is CC(=O)ON(c1cc(C)ccc1CN)S(C)(=O)=O. The number of carbonyl (C=O) groups is 1. The average molecular weight is 272 g/mol. The number of carbonyl (C=O) groups excluding carboxylic acids is 1. The zero-order valence-corrected chi connectivity index (χ0v) is 11.3. The molecule has 0 radical (unpaired) electrons. The first-order valence-electron chi connectivity index (χ1n) is 5.24. The Morgan fingerprint density at radius 2 is 2.06 bits per heavy atom. The van der Waals surface area contributed by atoms with E-state index in [0.717, 1.165) is 18.7 Å². The minimum atomic E-state index is -3.73. The Balaban J connectivity index is 3.37. The summed E-state index contributed by atoms with van der Waals surface area (Å²) in [5.74, 6) is -0.718. The van der Waals surface area contributed by atoms with Crippen molar-refractivity contribution >= 4 is 21.7 Å². The summed E-state index contributed by atoms with van der Waals surface area (Å²) in [7, 11) is -3.73. The molecule has 0 aliphatic heterocycles. The van der Waals surface area contributed by atoms with Gasteiger partial charge in [-0.05, 0) is 24.1 Å². The summed E-state index contributed by atoms with van der Waals surface area (Å²) in [6, 6.07) is 5.11. The van der Waals surface area contributed by atoms with Crippen molar-refractivity contribution in [1.82, 2.24) is 0 Å². The molecule has 0 aliphatic rings. The smallest absolute Gasteiger partial charge is 0.326 e. The van der Waals surface area contributed by atoms with Gasteiger partial charge in [-0.2, -0.15) is 0 Å². The van der Waals surface area contributed by atoms with Crippen molar-refractivity contribution in [3.63, 3.8) is 0 Å². The van der Waals surface area contributed by atoms with Gasteiger partial charge in [0.25, 0.3) is 10.0 Å². The molecule has 100 valence electrons. The minimum Gasteiger partial charge on any atom is -0.326 e. The molecule has 0 unspecified atom stereocenters. The van der Waals surface area contributed by atoms with Gasteiger partial charge in [0.1, 0.15) is 0 Å². The molecule has 0 aromatic heterocycles. The number of nitrogens with two attached hydrogens (primary N) is 1. The standard InChI is InChI=1S/C11H16N2O4S/c1-8-4-5-10(7-12)11(6-8)13(17-9(2)14)18(3,15)16/h4-6H,7,12H2,1-3H3. The van der Waals surface area contributed by atoms with Crippen LogP contribution in [0.1, 0.15) is 18.1 Å². The first kappa shape index (κ1) is 14.5. The number of aryl methyl sites for hydroxylation is 1. The predicted molar refractivity (Wildman–Crippen MR) is 68.2 cm³/mol. The van der Waals surface area contributed by atoms with Gasteiger partial charge in [0.05, 0.1) is 11.9 Å². The van der Waals surface area contributed by atoms with Gasteiger partial charge in [0.15, 0.2) is 0 Å².